The molecule has 1 heterocycles. The lowest BCUT2D eigenvalue weighted by atomic mass is 10.1. The normalized spacial score (nSPS) is 15.2. The summed E-state index contributed by atoms with van der Waals surface area (Å²) >= 11 is 0. The van der Waals surface area contributed by atoms with Crippen LogP contribution in [0, 0.1) is 0 Å². The largest absolute Gasteiger partial charge is 0.435 e. The van der Waals surface area contributed by atoms with E-state index in [4.69, 9.17) is 10.5 Å². The van der Waals surface area contributed by atoms with Gasteiger partial charge in [0.2, 0.25) is 0 Å². The lowest BCUT2D eigenvalue weighted by Crippen LogP contribution is -2.41. The Labute approximate surface area is 146 Å². The van der Waals surface area contributed by atoms with Crippen molar-refractivity contribution in [1.29, 1.82) is 0 Å². The molecule has 1 fully saturated rings. The first-order valence-electron chi connectivity index (χ1n) is 7.76. The van der Waals surface area contributed by atoms with Crippen molar-refractivity contribution in [3.05, 3.63) is 29.8 Å². The smallest absolute Gasteiger partial charge is 0.387 e. The van der Waals surface area contributed by atoms with Gasteiger partial charge in [-0.2, -0.15) is 8.78 Å². The number of amides is 1. The minimum absolute atomic E-state index is 0. The zero-order valence-corrected chi connectivity index (χ0v) is 14.1. The molecule has 5 nitrogen and oxygen atoms in total. The summed E-state index contributed by atoms with van der Waals surface area (Å²) in [6.07, 6.45) is 2.60. The van der Waals surface area contributed by atoms with Crippen molar-refractivity contribution in [3.63, 3.8) is 0 Å². The highest BCUT2D eigenvalue weighted by Gasteiger charge is 2.24. The zero-order valence-electron chi connectivity index (χ0n) is 13.3. The lowest BCUT2D eigenvalue weighted by Gasteiger charge is -2.32. The summed E-state index contributed by atoms with van der Waals surface area (Å²) in [6, 6.07) is 5.76. The number of hydrogen-bond donors (Lipinski definition) is 1. The first-order valence-corrected chi connectivity index (χ1v) is 7.76. The Morgan fingerprint density at radius 2 is 1.88 bits per heavy atom. The predicted molar refractivity (Wildman–Crippen MR) is 88.9 cm³/mol. The SMILES string of the molecule is Cl.NCCCOC1CCN(C(=O)c2ccc(OC(F)F)cc2)CC1. The van der Waals surface area contributed by atoms with E-state index in [1.165, 1.54) is 24.3 Å². The average Bonchev–Trinajstić information content (AvgIpc) is 2.55. The summed E-state index contributed by atoms with van der Waals surface area (Å²) in [7, 11) is 0. The van der Waals surface area contributed by atoms with Gasteiger partial charge in [0.1, 0.15) is 5.75 Å². The molecule has 136 valence electrons. The molecule has 2 rings (SSSR count). The molecule has 0 bridgehead atoms. The van der Waals surface area contributed by atoms with Crippen molar-refractivity contribution in [3.8, 4) is 5.75 Å². The molecular weight excluding hydrogens is 342 g/mol. The predicted octanol–water partition coefficient (Wildman–Crippen LogP) is 2.68. The Morgan fingerprint density at radius 3 is 2.42 bits per heavy atom. The second kappa shape index (κ2) is 10.4. The summed E-state index contributed by atoms with van der Waals surface area (Å²) in [6.45, 7) is -0.346. The van der Waals surface area contributed by atoms with Gasteiger partial charge in [-0.25, -0.2) is 0 Å². The molecule has 1 saturated heterocycles. The Bertz CT molecular complexity index is 495. The fourth-order valence-electron chi connectivity index (χ4n) is 2.52. The van der Waals surface area contributed by atoms with Crippen molar-refractivity contribution >= 4 is 18.3 Å². The molecule has 0 radical (unpaired) electrons. The maximum absolute atomic E-state index is 12.4. The van der Waals surface area contributed by atoms with Crippen LogP contribution in [-0.4, -0.2) is 49.8 Å². The molecule has 1 amide bonds. The zero-order chi connectivity index (χ0) is 16.7. The van der Waals surface area contributed by atoms with E-state index in [0.717, 1.165) is 19.3 Å². The molecule has 0 aliphatic carbocycles. The molecule has 1 aromatic carbocycles. The van der Waals surface area contributed by atoms with Crippen LogP contribution < -0.4 is 10.5 Å². The van der Waals surface area contributed by atoms with E-state index in [2.05, 4.69) is 4.74 Å². The van der Waals surface area contributed by atoms with Gasteiger partial charge in [0.15, 0.2) is 0 Å². The first-order chi connectivity index (χ1) is 11.1. The highest BCUT2D eigenvalue weighted by molar-refractivity contribution is 5.94. The van der Waals surface area contributed by atoms with Gasteiger partial charge in [0.05, 0.1) is 6.10 Å². The maximum Gasteiger partial charge on any atom is 0.387 e. The summed E-state index contributed by atoms with van der Waals surface area (Å²) in [4.78, 5) is 14.1. The van der Waals surface area contributed by atoms with Crippen molar-refractivity contribution in [2.24, 2.45) is 5.73 Å². The molecule has 0 spiro atoms. The molecule has 0 unspecified atom stereocenters. The number of alkyl halides is 2. The molecule has 0 saturated carbocycles. The fraction of sp³-hybridized carbons (Fsp3) is 0.562. The van der Waals surface area contributed by atoms with Gasteiger partial charge in [-0.1, -0.05) is 0 Å². The van der Waals surface area contributed by atoms with Crippen molar-refractivity contribution < 1.29 is 23.0 Å². The Kier molecular flexibility index (Phi) is 8.95. The van der Waals surface area contributed by atoms with Crippen molar-refractivity contribution in [2.45, 2.75) is 32.0 Å². The van der Waals surface area contributed by atoms with Crippen LogP contribution in [0.5, 0.6) is 5.75 Å². The minimum Gasteiger partial charge on any atom is -0.435 e. The van der Waals surface area contributed by atoms with Crippen LogP contribution in [0.2, 0.25) is 0 Å². The van der Waals surface area contributed by atoms with Gasteiger partial charge < -0.3 is 20.1 Å². The van der Waals surface area contributed by atoms with Gasteiger partial charge in [-0.3, -0.25) is 4.79 Å². The van der Waals surface area contributed by atoms with E-state index < -0.39 is 6.61 Å². The molecular formula is C16H23ClF2N2O3. The van der Waals surface area contributed by atoms with Crippen LogP contribution in [0.15, 0.2) is 24.3 Å². The molecule has 1 aromatic rings. The average molecular weight is 365 g/mol. The second-order valence-corrected chi connectivity index (χ2v) is 5.41. The van der Waals surface area contributed by atoms with Crippen LogP contribution in [0.3, 0.4) is 0 Å². The molecule has 1 aliphatic heterocycles. The van der Waals surface area contributed by atoms with E-state index in [9.17, 15) is 13.6 Å². The fourth-order valence-corrected chi connectivity index (χ4v) is 2.52. The highest BCUT2D eigenvalue weighted by Crippen LogP contribution is 2.19. The second-order valence-electron chi connectivity index (χ2n) is 5.41. The number of nitrogens with two attached hydrogens (primary N) is 1. The van der Waals surface area contributed by atoms with E-state index in [1.54, 1.807) is 4.90 Å². The van der Waals surface area contributed by atoms with Crippen molar-refractivity contribution in [2.75, 3.05) is 26.2 Å². The molecule has 0 aromatic heterocycles. The molecule has 1 aliphatic rings. The molecule has 24 heavy (non-hydrogen) atoms. The van der Waals surface area contributed by atoms with Gasteiger partial charge in [0, 0.05) is 25.3 Å². The van der Waals surface area contributed by atoms with Gasteiger partial charge in [-0.15, -0.1) is 12.4 Å². The van der Waals surface area contributed by atoms with E-state index in [0.29, 0.717) is 31.8 Å². The summed E-state index contributed by atoms with van der Waals surface area (Å²) in [5, 5.41) is 0. The minimum atomic E-state index is -2.87. The number of likely N-dealkylation sites (tertiary alicyclic amines) is 1. The quantitative estimate of drug-likeness (QED) is 0.755. The van der Waals surface area contributed by atoms with Gasteiger partial charge in [-0.05, 0) is 50.1 Å². The third kappa shape index (κ3) is 6.22. The number of piperidine rings is 1. The van der Waals surface area contributed by atoms with E-state index >= 15 is 0 Å². The van der Waals surface area contributed by atoms with Crippen LogP contribution in [-0.2, 0) is 4.74 Å². The van der Waals surface area contributed by atoms with Crippen LogP contribution >= 0.6 is 12.4 Å². The molecule has 0 atom stereocenters. The molecule has 8 heteroatoms. The lowest BCUT2D eigenvalue weighted by molar-refractivity contribution is -0.0498. The number of carbonyl (C=O) groups is 1. The number of carbonyl (C=O) groups excluding carboxylic acids is 1. The number of halogens is 3. The summed E-state index contributed by atoms with van der Waals surface area (Å²) < 4.78 is 34.2. The maximum atomic E-state index is 12.4. The number of hydrogen-bond acceptors (Lipinski definition) is 4. The van der Waals surface area contributed by atoms with E-state index in [1.807, 2.05) is 0 Å². The Balaban J connectivity index is 0.00000288. The van der Waals surface area contributed by atoms with Crippen LogP contribution in [0.25, 0.3) is 0 Å². The van der Waals surface area contributed by atoms with Crippen LogP contribution in [0.1, 0.15) is 29.6 Å². The Morgan fingerprint density at radius 1 is 1.25 bits per heavy atom. The highest BCUT2D eigenvalue weighted by atomic mass is 35.5. The third-order valence-electron chi connectivity index (χ3n) is 3.76. The Hall–Kier alpha value is -1.44. The first kappa shape index (κ1) is 20.6. The topological polar surface area (TPSA) is 64.8 Å². The number of benzene rings is 1. The van der Waals surface area contributed by atoms with Crippen LogP contribution in [0.4, 0.5) is 8.78 Å². The number of rotatable bonds is 7. The number of nitrogens with zero attached hydrogens (tertiary/aromatic N) is 1. The van der Waals surface area contributed by atoms with Gasteiger partial charge in [0.25, 0.3) is 5.91 Å². The van der Waals surface area contributed by atoms with Crippen molar-refractivity contribution in [1.82, 2.24) is 4.90 Å². The molecule has 2 N–H and O–H groups in total. The van der Waals surface area contributed by atoms with E-state index in [-0.39, 0.29) is 30.2 Å². The number of ether oxygens (including phenoxy) is 2. The monoisotopic (exact) mass is 364 g/mol. The standard InChI is InChI=1S/C16H22F2N2O3.ClH/c17-16(18)23-14-4-2-12(3-5-14)15(21)20-9-6-13(7-10-20)22-11-1-8-19;/h2-5,13,16H,1,6-11,19H2;1H. The summed E-state index contributed by atoms with van der Waals surface area (Å²) in [5.41, 5.74) is 5.89. The summed E-state index contributed by atoms with van der Waals surface area (Å²) in [5.74, 6) is -0.0578. The third-order valence-corrected chi connectivity index (χ3v) is 3.76. The van der Waals surface area contributed by atoms with Gasteiger partial charge >= 0.3 is 6.61 Å².